The van der Waals surface area contributed by atoms with Crippen molar-refractivity contribution < 1.29 is 4.79 Å². The van der Waals surface area contributed by atoms with Crippen LogP contribution in [0, 0.1) is 13.8 Å². The largest absolute Gasteiger partial charge is 0.322 e. The number of rotatable bonds is 5. The highest BCUT2D eigenvalue weighted by Crippen LogP contribution is 2.28. The number of aryl methyl sites for hydroxylation is 3. The molecule has 0 fully saturated rings. The third kappa shape index (κ3) is 3.55. The van der Waals surface area contributed by atoms with Crippen molar-refractivity contribution in [3.8, 4) is 5.82 Å². The fourth-order valence-electron chi connectivity index (χ4n) is 3.23. The minimum Gasteiger partial charge on any atom is -0.322 e. The van der Waals surface area contributed by atoms with Gasteiger partial charge in [0.1, 0.15) is 11.6 Å². The van der Waals surface area contributed by atoms with Gasteiger partial charge in [-0.1, -0.05) is 6.58 Å². The standard InChI is InChI=1S/C22H23N7O/c1-13(2)21(30)25-16-6-7-18-17(10-16)15(4)12-29(18)20-14(3)11-23-22(27-20)26-19-8-9-24-28(19)5/h6-12H,1H2,2-5H3,(H,25,30)(H,23,26,27). The van der Waals surface area contributed by atoms with E-state index < -0.39 is 0 Å². The van der Waals surface area contributed by atoms with E-state index >= 15 is 0 Å². The molecule has 0 saturated carbocycles. The second-order valence-electron chi connectivity index (χ2n) is 7.31. The summed E-state index contributed by atoms with van der Waals surface area (Å²) < 4.78 is 3.76. The van der Waals surface area contributed by atoms with E-state index in [1.165, 1.54) is 0 Å². The van der Waals surface area contributed by atoms with E-state index in [9.17, 15) is 4.79 Å². The molecule has 0 aliphatic carbocycles. The number of anilines is 3. The molecule has 3 heterocycles. The van der Waals surface area contributed by atoms with E-state index in [-0.39, 0.29) is 5.91 Å². The third-order valence-electron chi connectivity index (χ3n) is 4.88. The Labute approximate surface area is 174 Å². The summed E-state index contributed by atoms with van der Waals surface area (Å²) >= 11 is 0. The molecule has 2 N–H and O–H groups in total. The summed E-state index contributed by atoms with van der Waals surface area (Å²) in [6, 6.07) is 7.68. The summed E-state index contributed by atoms with van der Waals surface area (Å²) in [6.07, 6.45) is 5.55. The summed E-state index contributed by atoms with van der Waals surface area (Å²) in [6.45, 7) is 9.38. The SMILES string of the molecule is C=C(C)C(=O)Nc1ccc2c(c1)c(C)cn2-c1nc(Nc2ccnn2C)ncc1C. The van der Waals surface area contributed by atoms with Gasteiger partial charge in [0.05, 0.1) is 11.7 Å². The molecule has 4 aromatic rings. The van der Waals surface area contributed by atoms with Crippen LogP contribution in [0.1, 0.15) is 18.1 Å². The Hall–Kier alpha value is -3.94. The average molecular weight is 401 g/mol. The summed E-state index contributed by atoms with van der Waals surface area (Å²) in [7, 11) is 1.85. The number of fused-ring (bicyclic) bond motifs is 1. The third-order valence-corrected chi connectivity index (χ3v) is 4.88. The summed E-state index contributed by atoms with van der Waals surface area (Å²) in [5.41, 5.74) is 4.22. The lowest BCUT2D eigenvalue weighted by atomic mass is 10.1. The normalized spacial score (nSPS) is 10.9. The minimum atomic E-state index is -0.191. The highest BCUT2D eigenvalue weighted by atomic mass is 16.1. The molecule has 30 heavy (non-hydrogen) atoms. The minimum absolute atomic E-state index is 0.191. The number of benzene rings is 1. The lowest BCUT2D eigenvalue weighted by molar-refractivity contribution is -0.112. The zero-order valence-corrected chi connectivity index (χ0v) is 17.4. The van der Waals surface area contributed by atoms with E-state index in [1.807, 2.05) is 55.9 Å². The van der Waals surface area contributed by atoms with Gasteiger partial charge >= 0.3 is 0 Å². The number of hydrogen-bond donors (Lipinski definition) is 2. The molecule has 0 atom stereocenters. The molecule has 0 bridgehead atoms. The number of nitrogens with one attached hydrogen (secondary N) is 2. The predicted molar refractivity (Wildman–Crippen MR) is 118 cm³/mol. The zero-order chi connectivity index (χ0) is 21.4. The second kappa shape index (κ2) is 7.47. The molecule has 0 aliphatic rings. The van der Waals surface area contributed by atoms with Crippen LogP contribution in [0.3, 0.4) is 0 Å². The number of carbonyl (C=O) groups excluding carboxylic acids is 1. The molecule has 152 valence electrons. The first kappa shape index (κ1) is 19.4. The fourth-order valence-corrected chi connectivity index (χ4v) is 3.23. The van der Waals surface area contributed by atoms with Crippen LogP contribution >= 0.6 is 0 Å². The van der Waals surface area contributed by atoms with Crippen molar-refractivity contribution in [2.75, 3.05) is 10.6 Å². The van der Waals surface area contributed by atoms with E-state index in [0.29, 0.717) is 11.5 Å². The van der Waals surface area contributed by atoms with Gasteiger partial charge in [0, 0.05) is 47.7 Å². The van der Waals surface area contributed by atoms with E-state index in [4.69, 9.17) is 4.98 Å². The van der Waals surface area contributed by atoms with Crippen molar-refractivity contribution in [1.29, 1.82) is 0 Å². The van der Waals surface area contributed by atoms with Crippen molar-refractivity contribution in [1.82, 2.24) is 24.3 Å². The smallest absolute Gasteiger partial charge is 0.250 e. The topological polar surface area (TPSA) is 89.7 Å². The van der Waals surface area contributed by atoms with Crippen LogP contribution in [-0.2, 0) is 11.8 Å². The van der Waals surface area contributed by atoms with Gasteiger partial charge < -0.3 is 15.2 Å². The van der Waals surface area contributed by atoms with Crippen LogP contribution < -0.4 is 10.6 Å². The van der Waals surface area contributed by atoms with Gasteiger partial charge in [0.25, 0.3) is 5.91 Å². The van der Waals surface area contributed by atoms with Crippen LogP contribution in [0.25, 0.3) is 16.7 Å². The van der Waals surface area contributed by atoms with Crippen molar-refractivity contribution in [2.24, 2.45) is 7.05 Å². The Bertz CT molecular complexity index is 1280. The number of hydrogen-bond acceptors (Lipinski definition) is 5. The first-order chi connectivity index (χ1) is 14.3. The maximum atomic E-state index is 12.0. The quantitative estimate of drug-likeness (QED) is 0.493. The molecule has 4 rings (SSSR count). The lowest BCUT2D eigenvalue weighted by Gasteiger charge is -2.11. The van der Waals surface area contributed by atoms with Gasteiger partial charge in [0.15, 0.2) is 0 Å². The Morgan fingerprint density at radius 3 is 2.67 bits per heavy atom. The number of amides is 1. The molecule has 3 aromatic heterocycles. The summed E-state index contributed by atoms with van der Waals surface area (Å²) in [5, 5.41) is 11.3. The average Bonchev–Trinajstić information content (AvgIpc) is 3.26. The van der Waals surface area contributed by atoms with Crippen molar-refractivity contribution in [3.63, 3.8) is 0 Å². The number of aromatic nitrogens is 5. The van der Waals surface area contributed by atoms with Crippen LogP contribution in [0.4, 0.5) is 17.5 Å². The van der Waals surface area contributed by atoms with E-state index in [2.05, 4.69) is 27.3 Å². The molecular formula is C22H23N7O. The molecule has 8 nitrogen and oxygen atoms in total. The number of nitrogens with zero attached hydrogens (tertiary/aromatic N) is 5. The van der Waals surface area contributed by atoms with Crippen LogP contribution in [0.2, 0.25) is 0 Å². The van der Waals surface area contributed by atoms with Gasteiger partial charge in [0.2, 0.25) is 5.95 Å². The first-order valence-corrected chi connectivity index (χ1v) is 9.51. The molecule has 0 spiro atoms. The van der Waals surface area contributed by atoms with Gasteiger partial charge in [-0.05, 0) is 44.5 Å². The molecule has 0 saturated heterocycles. The van der Waals surface area contributed by atoms with Crippen LogP contribution in [0.5, 0.6) is 0 Å². The lowest BCUT2D eigenvalue weighted by Crippen LogP contribution is -2.11. The summed E-state index contributed by atoms with van der Waals surface area (Å²) in [4.78, 5) is 21.1. The van der Waals surface area contributed by atoms with Gasteiger partial charge in [-0.3, -0.25) is 9.48 Å². The van der Waals surface area contributed by atoms with Crippen molar-refractivity contribution >= 4 is 34.3 Å². The maximum absolute atomic E-state index is 12.0. The van der Waals surface area contributed by atoms with Crippen LogP contribution in [-0.4, -0.2) is 30.2 Å². The van der Waals surface area contributed by atoms with Crippen LogP contribution in [0.15, 0.2) is 55.0 Å². The molecule has 0 radical (unpaired) electrons. The molecule has 1 amide bonds. The Balaban J connectivity index is 1.74. The summed E-state index contributed by atoms with van der Waals surface area (Å²) in [5.74, 6) is 1.88. The monoisotopic (exact) mass is 401 g/mol. The van der Waals surface area contributed by atoms with Gasteiger partial charge in [-0.15, -0.1) is 0 Å². The van der Waals surface area contributed by atoms with E-state index in [1.54, 1.807) is 24.0 Å². The highest BCUT2D eigenvalue weighted by Gasteiger charge is 2.14. The highest BCUT2D eigenvalue weighted by molar-refractivity contribution is 6.04. The number of carbonyl (C=O) groups is 1. The Kier molecular flexibility index (Phi) is 4.83. The van der Waals surface area contributed by atoms with Crippen molar-refractivity contribution in [3.05, 3.63) is 66.1 Å². The van der Waals surface area contributed by atoms with Gasteiger partial charge in [-0.25, -0.2) is 4.98 Å². The molecule has 8 heteroatoms. The molecular weight excluding hydrogens is 378 g/mol. The predicted octanol–water partition coefficient (Wildman–Crippen LogP) is 4.03. The van der Waals surface area contributed by atoms with E-state index in [0.717, 1.165) is 39.4 Å². The molecule has 1 aromatic carbocycles. The molecule has 0 unspecified atom stereocenters. The zero-order valence-electron chi connectivity index (χ0n) is 17.4. The maximum Gasteiger partial charge on any atom is 0.250 e. The Morgan fingerprint density at radius 1 is 1.17 bits per heavy atom. The van der Waals surface area contributed by atoms with Gasteiger partial charge in [-0.2, -0.15) is 10.1 Å². The second-order valence-corrected chi connectivity index (χ2v) is 7.31. The molecule has 0 aliphatic heterocycles. The first-order valence-electron chi connectivity index (χ1n) is 9.51. The Morgan fingerprint density at radius 2 is 1.97 bits per heavy atom. The van der Waals surface area contributed by atoms with Crippen molar-refractivity contribution in [2.45, 2.75) is 20.8 Å². The fraction of sp³-hybridized carbons (Fsp3) is 0.182.